The number of nitro benzene ring substituents is 1. The predicted octanol–water partition coefficient (Wildman–Crippen LogP) is 1.09. The van der Waals surface area contributed by atoms with Crippen molar-refractivity contribution in [1.82, 2.24) is 4.31 Å². The maximum atomic E-state index is 12.5. The summed E-state index contributed by atoms with van der Waals surface area (Å²) in [6.07, 6.45) is 0. The first kappa shape index (κ1) is 17.1. The first-order chi connectivity index (χ1) is 9.73. The van der Waals surface area contributed by atoms with E-state index in [2.05, 4.69) is 4.74 Å². The summed E-state index contributed by atoms with van der Waals surface area (Å²) in [6, 6.07) is 3.58. The number of ether oxygens (including phenoxy) is 1. The predicted molar refractivity (Wildman–Crippen MR) is 74.3 cm³/mol. The molecule has 1 aromatic carbocycles. The van der Waals surface area contributed by atoms with Crippen LogP contribution in [0.15, 0.2) is 23.1 Å². The van der Waals surface area contributed by atoms with Gasteiger partial charge in [0, 0.05) is 18.7 Å². The fourth-order valence-electron chi connectivity index (χ4n) is 1.69. The minimum atomic E-state index is -4.01. The fraction of sp³-hybridized carbons (Fsp3) is 0.417. The zero-order chi connectivity index (χ0) is 16.2. The van der Waals surface area contributed by atoms with Crippen LogP contribution in [-0.4, -0.2) is 43.8 Å². The molecule has 0 aromatic heterocycles. The number of benzene rings is 1. The molecule has 0 aliphatic heterocycles. The Bertz CT molecular complexity index is 656. The third-order valence-corrected chi connectivity index (χ3v) is 4.95. The van der Waals surface area contributed by atoms with E-state index in [1.165, 1.54) is 19.1 Å². The number of sulfonamides is 1. The van der Waals surface area contributed by atoms with Crippen LogP contribution in [0, 0.1) is 17.0 Å². The number of rotatable bonds is 6. The van der Waals surface area contributed by atoms with Crippen LogP contribution in [-0.2, 0) is 19.6 Å². The monoisotopic (exact) mass is 316 g/mol. The standard InChI is InChI=1S/C12H16N2O6S/c1-4-13(8-12(15)20-3)21(18,19)11-7-10(14(16)17)6-5-9(11)2/h5-7H,4,8H2,1-3H3. The molecule has 0 atom stereocenters. The molecule has 0 saturated carbocycles. The van der Waals surface area contributed by atoms with Crippen molar-refractivity contribution in [3.63, 3.8) is 0 Å². The van der Waals surface area contributed by atoms with E-state index in [9.17, 15) is 23.3 Å². The lowest BCUT2D eigenvalue weighted by Crippen LogP contribution is -2.36. The number of carbonyl (C=O) groups is 1. The summed E-state index contributed by atoms with van der Waals surface area (Å²) in [6.45, 7) is 2.69. The molecule has 1 aromatic rings. The SMILES string of the molecule is CCN(CC(=O)OC)S(=O)(=O)c1cc([N+](=O)[O-])ccc1C. The number of aryl methyl sites for hydroxylation is 1. The highest BCUT2D eigenvalue weighted by Crippen LogP contribution is 2.24. The van der Waals surface area contributed by atoms with Crippen LogP contribution in [0.1, 0.15) is 12.5 Å². The molecule has 1 rings (SSSR count). The summed E-state index contributed by atoms with van der Waals surface area (Å²) in [4.78, 5) is 21.2. The minimum Gasteiger partial charge on any atom is -0.468 e. The van der Waals surface area contributed by atoms with Gasteiger partial charge in [0.15, 0.2) is 0 Å². The van der Waals surface area contributed by atoms with Gasteiger partial charge in [-0.2, -0.15) is 4.31 Å². The van der Waals surface area contributed by atoms with E-state index in [1.54, 1.807) is 6.92 Å². The van der Waals surface area contributed by atoms with Crippen molar-refractivity contribution in [2.45, 2.75) is 18.7 Å². The lowest BCUT2D eigenvalue weighted by Gasteiger charge is -2.20. The molecule has 0 amide bonds. The third kappa shape index (κ3) is 3.76. The first-order valence-corrected chi connectivity index (χ1v) is 7.50. The van der Waals surface area contributed by atoms with Gasteiger partial charge in [-0.1, -0.05) is 13.0 Å². The van der Waals surface area contributed by atoms with E-state index in [4.69, 9.17) is 0 Å². The Kier molecular flexibility index (Phi) is 5.39. The topological polar surface area (TPSA) is 107 Å². The van der Waals surface area contributed by atoms with Crippen molar-refractivity contribution in [2.75, 3.05) is 20.2 Å². The molecule has 0 saturated heterocycles. The smallest absolute Gasteiger partial charge is 0.321 e. The van der Waals surface area contributed by atoms with Gasteiger partial charge in [-0.25, -0.2) is 8.42 Å². The van der Waals surface area contributed by atoms with Gasteiger partial charge in [0.2, 0.25) is 10.0 Å². The highest BCUT2D eigenvalue weighted by Gasteiger charge is 2.28. The molecule has 0 radical (unpaired) electrons. The second kappa shape index (κ2) is 6.64. The lowest BCUT2D eigenvalue weighted by atomic mass is 10.2. The van der Waals surface area contributed by atoms with E-state index >= 15 is 0 Å². The zero-order valence-electron chi connectivity index (χ0n) is 11.9. The van der Waals surface area contributed by atoms with Gasteiger partial charge in [-0.05, 0) is 12.5 Å². The van der Waals surface area contributed by atoms with Crippen LogP contribution < -0.4 is 0 Å². The van der Waals surface area contributed by atoms with Crippen LogP contribution in [0.3, 0.4) is 0 Å². The van der Waals surface area contributed by atoms with Crippen LogP contribution in [0.5, 0.6) is 0 Å². The average Bonchev–Trinajstić information content (AvgIpc) is 2.44. The second-order valence-electron chi connectivity index (χ2n) is 4.21. The summed E-state index contributed by atoms with van der Waals surface area (Å²) < 4.78 is 30.4. The maximum absolute atomic E-state index is 12.5. The van der Waals surface area contributed by atoms with E-state index in [-0.39, 0.29) is 17.1 Å². The quantitative estimate of drug-likeness (QED) is 0.441. The first-order valence-electron chi connectivity index (χ1n) is 6.06. The van der Waals surface area contributed by atoms with E-state index in [0.29, 0.717) is 5.56 Å². The molecule has 21 heavy (non-hydrogen) atoms. The van der Waals surface area contributed by atoms with Gasteiger partial charge in [-0.3, -0.25) is 14.9 Å². The Morgan fingerprint density at radius 1 is 1.43 bits per heavy atom. The van der Waals surface area contributed by atoms with Gasteiger partial charge >= 0.3 is 5.97 Å². The number of esters is 1. The summed E-state index contributed by atoms with van der Waals surface area (Å²) in [5.74, 6) is -0.705. The molecule has 9 heteroatoms. The van der Waals surface area contributed by atoms with Crippen molar-refractivity contribution in [2.24, 2.45) is 0 Å². The van der Waals surface area contributed by atoms with Gasteiger partial charge in [0.05, 0.1) is 16.9 Å². The van der Waals surface area contributed by atoms with Crippen molar-refractivity contribution in [3.05, 3.63) is 33.9 Å². The molecule has 0 unspecified atom stereocenters. The maximum Gasteiger partial charge on any atom is 0.321 e. The summed E-state index contributed by atoms with van der Waals surface area (Å²) >= 11 is 0. The number of nitrogens with zero attached hydrogens (tertiary/aromatic N) is 2. The van der Waals surface area contributed by atoms with Gasteiger partial charge in [0.25, 0.3) is 5.69 Å². The number of methoxy groups -OCH3 is 1. The zero-order valence-corrected chi connectivity index (χ0v) is 12.7. The minimum absolute atomic E-state index is 0.0412. The largest absolute Gasteiger partial charge is 0.468 e. The van der Waals surface area contributed by atoms with Gasteiger partial charge < -0.3 is 4.74 Å². The van der Waals surface area contributed by atoms with E-state index in [0.717, 1.165) is 17.5 Å². The molecule has 0 N–H and O–H groups in total. The van der Waals surface area contributed by atoms with Crippen LogP contribution in [0.4, 0.5) is 5.69 Å². The molecular weight excluding hydrogens is 300 g/mol. The Hall–Kier alpha value is -2.00. The second-order valence-corrected chi connectivity index (χ2v) is 6.12. The van der Waals surface area contributed by atoms with Gasteiger partial charge in [0.1, 0.15) is 6.54 Å². The highest BCUT2D eigenvalue weighted by molar-refractivity contribution is 7.89. The molecule has 0 spiro atoms. The summed E-state index contributed by atoms with van der Waals surface area (Å²) in [5, 5.41) is 10.8. The lowest BCUT2D eigenvalue weighted by molar-refractivity contribution is -0.385. The van der Waals surface area contributed by atoms with Crippen LogP contribution >= 0.6 is 0 Å². The van der Waals surface area contributed by atoms with Crippen molar-refractivity contribution >= 4 is 21.7 Å². The molecule has 0 heterocycles. The number of non-ortho nitro benzene ring substituents is 1. The molecular formula is C12H16N2O6S. The summed E-state index contributed by atoms with van der Waals surface area (Å²) in [7, 11) is -2.86. The molecule has 0 bridgehead atoms. The molecule has 0 aliphatic rings. The fourth-order valence-corrected chi connectivity index (χ4v) is 3.33. The number of nitro groups is 1. The average molecular weight is 316 g/mol. The van der Waals surface area contributed by atoms with E-state index in [1.807, 2.05) is 0 Å². The van der Waals surface area contributed by atoms with Crippen LogP contribution in [0.2, 0.25) is 0 Å². The van der Waals surface area contributed by atoms with Crippen molar-refractivity contribution in [3.8, 4) is 0 Å². The Labute approximate surface area is 122 Å². The number of carbonyl (C=O) groups excluding carboxylic acids is 1. The number of hydrogen-bond donors (Lipinski definition) is 0. The van der Waals surface area contributed by atoms with E-state index < -0.39 is 27.5 Å². The summed E-state index contributed by atoms with van der Waals surface area (Å²) in [5.41, 5.74) is 0.0391. The van der Waals surface area contributed by atoms with Crippen molar-refractivity contribution < 1.29 is 22.9 Å². The number of hydrogen-bond acceptors (Lipinski definition) is 6. The number of likely N-dealkylation sites (N-methyl/N-ethyl adjacent to an activating group) is 1. The Morgan fingerprint density at radius 2 is 2.05 bits per heavy atom. The molecule has 0 fully saturated rings. The Morgan fingerprint density at radius 3 is 2.52 bits per heavy atom. The third-order valence-electron chi connectivity index (χ3n) is 2.89. The highest BCUT2D eigenvalue weighted by atomic mass is 32.2. The van der Waals surface area contributed by atoms with Crippen LogP contribution in [0.25, 0.3) is 0 Å². The Balaban J connectivity index is 3.31. The van der Waals surface area contributed by atoms with Gasteiger partial charge in [-0.15, -0.1) is 0 Å². The van der Waals surface area contributed by atoms with Crippen molar-refractivity contribution in [1.29, 1.82) is 0 Å². The molecule has 116 valence electrons. The normalized spacial score (nSPS) is 11.4. The molecule has 0 aliphatic carbocycles. The molecule has 8 nitrogen and oxygen atoms in total.